The van der Waals surface area contributed by atoms with Crippen LogP contribution in [0.1, 0.15) is 31.9 Å². The Labute approximate surface area is 175 Å². The van der Waals surface area contributed by atoms with Crippen molar-refractivity contribution in [3.05, 3.63) is 54.1 Å². The average molecular weight is 416 g/mol. The van der Waals surface area contributed by atoms with E-state index < -0.39 is 11.8 Å². The summed E-state index contributed by atoms with van der Waals surface area (Å²) in [6.07, 6.45) is 0.00340. The molecule has 1 saturated carbocycles. The minimum Gasteiger partial charge on any atom is -0.493 e. The third kappa shape index (κ3) is 4.83. The van der Waals surface area contributed by atoms with Crippen LogP contribution in [-0.4, -0.2) is 37.6 Å². The number of nitrogens with zero attached hydrogens (tertiary/aromatic N) is 1. The lowest BCUT2D eigenvalue weighted by atomic mass is 10.1. The molecule has 0 bridgehead atoms. The Balaban J connectivity index is 1.25. The number of carbonyl (C=O) groups excluding carboxylic acids is 1. The number of alkyl halides is 2. The summed E-state index contributed by atoms with van der Waals surface area (Å²) in [6.45, 7) is 4.99. The third-order valence-corrected chi connectivity index (χ3v) is 5.54. The van der Waals surface area contributed by atoms with Crippen molar-refractivity contribution in [2.45, 2.75) is 38.3 Å². The summed E-state index contributed by atoms with van der Waals surface area (Å²) < 4.78 is 37.5. The number of benzene rings is 2. The summed E-state index contributed by atoms with van der Waals surface area (Å²) >= 11 is 0. The van der Waals surface area contributed by atoms with Crippen molar-refractivity contribution in [2.24, 2.45) is 5.92 Å². The van der Waals surface area contributed by atoms with Gasteiger partial charge in [0.15, 0.2) is 0 Å². The van der Waals surface area contributed by atoms with Gasteiger partial charge in [-0.05, 0) is 36.8 Å². The molecule has 2 fully saturated rings. The smallest absolute Gasteiger partial charge is 0.255 e. The monoisotopic (exact) mass is 416 g/mol. The van der Waals surface area contributed by atoms with Gasteiger partial charge >= 0.3 is 0 Å². The van der Waals surface area contributed by atoms with Gasteiger partial charge in [0, 0.05) is 25.1 Å². The lowest BCUT2D eigenvalue weighted by Gasteiger charge is -2.40. The fourth-order valence-corrected chi connectivity index (χ4v) is 3.56. The van der Waals surface area contributed by atoms with E-state index in [9.17, 15) is 13.6 Å². The number of nitrogens with one attached hydrogen (secondary N) is 1. The number of hydrogen-bond donors (Lipinski definition) is 1. The molecule has 7 heteroatoms. The maximum atomic E-state index is 13.0. The molecule has 2 aromatic rings. The van der Waals surface area contributed by atoms with Gasteiger partial charge in [0.2, 0.25) is 5.91 Å². The second kappa shape index (κ2) is 8.13. The number of amides is 1. The Morgan fingerprint density at radius 2 is 1.90 bits per heavy atom. The van der Waals surface area contributed by atoms with E-state index >= 15 is 0 Å². The first-order valence-electron chi connectivity index (χ1n) is 10.2. The molecule has 1 heterocycles. The summed E-state index contributed by atoms with van der Waals surface area (Å²) in [4.78, 5) is 13.3. The first-order chi connectivity index (χ1) is 14.3. The first-order valence-corrected chi connectivity index (χ1v) is 10.2. The van der Waals surface area contributed by atoms with Crippen LogP contribution in [-0.2, 0) is 4.79 Å². The van der Waals surface area contributed by atoms with E-state index in [1.165, 1.54) is 6.92 Å². The lowest BCUT2D eigenvalue weighted by molar-refractivity contribution is -0.119. The van der Waals surface area contributed by atoms with E-state index in [0.29, 0.717) is 5.75 Å². The quantitative estimate of drug-likeness (QED) is 0.701. The largest absolute Gasteiger partial charge is 0.493 e. The Morgan fingerprint density at radius 1 is 1.20 bits per heavy atom. The summed E-state index contributed by atoms with van der Waals surface area (Å²) in [6, 6.07) is 15.2. The molecule has 2 aromatic carbocycles. The predicted molar refractivity (Wildman–Crippen MR) is 110 cm³/mol. The van der Waals surface area contributed by atoms with Crippen LogP contribution in [0.2, 0.25) is 0 Å². The summed E-state index contributed by atoms with van der Waals surface area (Å²) in [5.74, 6) is -1.86. The second-order valence-electron chi connectivity index (χ2n) is 8.11. The molecule has 0 unspecified atom stereocenters. The van der Waals surface area contributed by atoms with Gasteiger partial charge in [-0.15, -0.1) is 0 Å². The molecular weight excluding hydrogens is 390 g/mol. The van der Waals surface area contributed by atoms with Crippen LogP contribution in [0, 0.1) is 5.92 Å². The van der Waals surface area contributed by atoms with Gasteiger partial charge in [-0.2, -0.15) is 0 Å². The van der Waals surface area contributed by atoms with Crippen molar-refractivity contribution >= 4 is 11.6 Å². The van der Waals surface area contributed by atoms with Crippen molar-refractivity contribution in [3.8, 4) is 11.5 Å². The zero-order valence-corrected chi connectivity index (χ0v) is 17.1. The van der Waals surface area contributed by atoms with E-state index in [0.717, 1.165) is 30.1 Å². The van der Waals surface area contributed by atoms with E-state index in [-0.39, 0.29) is 31.1 Å². The number of hydrogen-bond acceptors (Lipinski definition) is 4. The van der Waals surface area contributed by atoms with E-state index in [1.807, 2.05) is 49.4 Å². The maximum Gasteiger partial charge on any atom is 0.255 e. The van der Waals surface area contributed by atoms with Crippen molar-refractivity contribution in [1.82, 2.24) is 5.32 Å². The van der Waals surface area contributed by atoms with Crippen molar-refractivity contribution in [1.29, 1.82) is 0 Å². The van der Waals surface area contributed by atoms with E-state index in [2.05, 4.69) is 10.2 Å². The van der Waals surface area contributed by atoms with Crippen molar-refractivity contribution in [3.63, 3.8) is 0 Å². The van der Waals surface area contributed by atoms with Crippen LogP contribution in [0.25, 0.3) is 0 Å². The standard InChI is InChI=1S/C23H26F2N2O3/c1-15(26-16(2)28)17-6-8-20(9-7-17)30-22-12-27(13-22)19-4-3-5-21(10-19)29-14-18-11-23(18,24)25/h3-10,15,18,22H,11-14H2,1-2H3,(H,26,28)/t15-,18+/m0/s1. The van der Waals surface area contributed by atoms with Crippen LogP contribution in [0.4, 0.5) is 14.5 Å². The van der Waals surface area contributed by atoms with Crippen molar-refractivity contribution < 1.29 is 23.0 Å². The van der Waals surface area contributed by atoms with E-state index in [1.54, 1.807) is 6.07 Å². The molecule has 0 spiro atoms. The molecular formula is C23H26F2N2O3. The number of carbonyl (C=O) groups is 1. The summed E-state index contributed by atoms with van der Waals surface area (Å²) in [5.41, 5.74) is 2.02. The Kier molecular flexibility index (Phi) is 5.54. The molecule has 160 valence electrons. The highest BCUT2D eigenvalue weighted by molar-refractivity contribution is 5.73. The van der Waals surface area contributed by atoms with Gasteiger partial charge in [-0.25, -0.2) is 8.78 Å². The van der Waals surface area contributed by atoms with Gasteiger partial charge < -0.3 is 19.7 Å². The molecule has 1 N–H and O–H groups in total. The van der Waals surface area contributed by atoms with Crippen LogP contribution >= 0.6 is 0 Å². The molecule has 1 aliphatic heterocycles. The Bertz CT molecular complexity index is 898. The van der Waals surface area contributed by atoms with Gasteiger partial charge in [-0.1, -0.05) is 18.2 Å². The highest BCUT2D eigenvalue weighted by Gasteiger charge is 2.57. The molecule has 2 aliphatic rings. The van der Waals surface area contributed by atoms with Crippen LogP contribution in [0.3, 0.4) is 0 Å². The number of anilines is 1. The first kappa shape index (κ1) is 20.4. The molecule has 30 heavy (non-hydrogen) atoms. The maximum absolute atomic E-state index is 13.0. The normalized spacial score (nSPS) is 20.8. The minimum absolute atomic E-state index is 0.0450. The molecule has 5 nitrogen and oxygen atoms in total. The molecule has 0 aromatic heterocycles. The number of ether oxygens (including phenoxy) is 2. The van der Waals surface area contributed by atoms with E-state index in [4.69, 9.17) is 9.47 Å². The predicted octanol–water partition coefficient (Wildman–Crippen LogP) is 4.19. The minimum atomic E-state index is -2.56. The summed E-state index contributed by atoms with van der Waals surface area (Å²) in [5, 5.41) is 2.86. The molecule has 4 rings (SSSR count). The molecule has 0 radical (unpaired) electrons. The average Bonchev–Trinajstić information content (AvgIpc) is 3.29. The fraction of sp³-hybridized carbons (Fsp3) is 0.435. The Morgan fingerprint density at radius 3 is 2.53 bits per heavy atom. The molecule has 1 saturated heterocycles. The fourth-order valence-electron chi connectivity index (χ4n) is 3.56. The van der Waals surface area contributed by atoms with Crippen LogP contribution in [0.5, 0.6) is 11.5 Å². The van der Waals surface area contributed by atoms with Crippen molar-refractivity contribution in [2.75, 3.05) is 24.6 Å². The SMILES string of the molecule is CC(=O)N[C@@H](C)c1ccc(OC2CN(c3cccc(OC[C@H]4CC4(F)F)c3)C2)cc1. The highest BCUT2D eigenvalue weighted by Crippen LogP contribution is 2.48. The number of rotatable bonds is 8. The van der Waals surface area contributed by atoms with Crippen LogP contribution < -0.4 is 19.7 Å². The molecule has 2 atom stereocenters. The zero-order chi connectivity index (χ0) is 21.3. The molecule has 1 aliphatic carbocycles. The van der Waals surface area contributed by atoms with Gasteiger partial charge in [0.25, 0.3) is 5.92 Å². The lowest BCUT2D eigenvalue weighted by Crippen LogP contribution is -2.54. The zero-order valence-electron chi connectivity index (χ0n) is 17.1. The second-order valence-corrected chi connectivity index (χ2v) is 8.11. The topological polar surface area (TPSA) is 50.8 Å². The molecule has 1 amide bonds. The van der Waals surface area contributed by atoms with Crippen LogP contribution in [0.15, 0.2) is 48.5 Å². The summed E-state index contributed by atoms with van der Waals surface area (Å²) in [7, 11) is 0. The van der Waals surface area contributed by atoms with Gasteiger partial charge in [0.05, 0.1) is 31.7 Å². The Hall–Kier alpha value is -2.83. The highest BCUT2D eigenvalue weighted by atomic mass is 19.3. The van der Waals surface area contributed by atoms with Gasteiger partial charge in [-0.3, -0.25) is 4.79 Å². The third-order valence-electron chi connectivity index (χ3n) is 5.54. The van der Waals surface area contributed by atoms with Gasteiger partial charge in [0.1, 0.15) is 17.6 Å². The number of halogens is 2.